The van der Waals surface area contributed by atoms with Gasteiger partial charge in [0, 0.05) is 46.2 Å². The maximum atomic E-state index is 5.44. The van der Waals surface area contributed by atoms with Crippen LogP contribution in [0.3, 0.4) is 0 Å². The van der Waals surface area contributed by atoms with E-state index >= 15 is 0 Å². The van der Waals surface area contributed by atoms with Crippen LogP contribution < -0.4 is 4.90 Å². The maximum Gasteiger partial charge on any atom is 0.500 e. The summed E-state index contributed by atoms with van der Waals surface area (Å²) < 4.78 is 16.3. The zero-order valence-corrected chi connectivity index (χ0v) is 13.7. The predicted molar refractivity (Wildman–Crippen MR) is 85.1 cm³/mol. The zero-order chi connectivity index (χ0) is 14.8. The van der Waals surface area contributed by atoms with Gasteiger partial charge in [-0.15, -0.1) is 6.58 Å². The summed E-state index contributed by atoms with van der Waals surface area (Å²) >= 11 is 0. The third kappa shape index (κ3) is 4.75. The zero-order valence-electron chi connectivity index (χ0n) is 12.7. The first-order valence-corrected chi connectivity index (χ1v) is 8.71. The van der Waals surface area contributed by atoms with Gasteiger partial charge in [0.15, 0.2) is 0 Å². The third-order valence-corrected chi connectivity index (χ3v) is 6.15. The minimum atomic E-state index is -2.46. The lowest BCUT2D eigenvalue weighted by molar-refractivity contribution is 0.123. The number of nitrogens with zero attached hydrogens (tertiary/aromatic N) is 1. The van der Waals surface area contributed by atoms with Crippen LogP contribution in [-0.4, -0.2) is 43.2 Å². The summed E-state index contributed by atoms with van der Waals surface area (Å²) in [6.45, 7) is 5.57. The Morgan fingerprint density at radius 2 is 1.70 bits per heavy atom. The third-order valence-electron chi connectivity index (χ3n) is 3.31. The minimum Gasteiger partial charge on any atom is -0.377 e. The molecule has 20 heavy (non-hydrogen) atoms. The standard InChI is InChI=1S/C15H25NO3Si/c1-5-12-16(15-10-7-6-8-11-15)13-9-14-20(17-2,18-3)19-4/h5-8,10-11H,1,9,12-14H2,2-4H3. The molecular formula is C15H25NO3Si. The average molecular weight is 295 g/mol. The predicted octanol–water partition coefficient (Wildman–Crippen LogP) is 2.95. The van der Waals surface area contributed by atoms with E-state index in [9.17, 15) is 0 Å². The Balaban J connectivity index is 2.58. The second-order valence-corrected chi connectivity index (χ2v) is 7.56. The van der Waals surface area contributed by atoms with E-state index < -0.39 is 8.80 Å². The van der Waals surface area contributed by atoms with Crippen LogP contribution in [0.5, 0.6) is 0 Å². The first kappa shape index (κ1) is 16.9. The van der Waals surface area contributed by atoms with Gasteiger partial charge in [-0.05, 0) is 18.6 Å². The molecule has 1 aromatic carbocycles. The summed E-state index contributed by atoms with van der Waals surface area (Å²) in [7, 11) is 2.49. The van der Waals surface area contributed by atoms with Gasteiger partial charge in [-0.25, -0.2) is 0 Å². The largest absolute Gasteiger partial charge is 0.500 e. The molecule has 112 valence electrons. The van der Waals surface area contributed by atoms with E-state index in [1.807, 2.05) is 24.3 Å². The fraction of sp³-hybridized carbons (Fsp3) is 0.467. The van der Waals surface area contributed by atoms with Crippen LogP contribution in [0.4, 0.5) is 5.69 Å². The van der Waals surface area contributed by atoms with Crippen molar-refractivity contribution < 1.29 is 13.3 Å². The molecule has 0 aliphatic carbocycles. The van der Waals surface area contributed by atoms with Crippen LogP contribution in [0.2, 0.25) is 6.04 Å². The highest BCUT2D eigenvalue weighted by Crippen LogP contribution is 2.18. The molecule has 5 heteroatoms. The number of benzene rings is 1. The van der Waals surface area contributed by atoms with Crippen LogP contribution in [0.15, 0.2) is 43.0 Å². The summed E-state index contributed by atoms with van der Waals surface area (Å²) in [4.78, 5) is 2.28. The second-order valence-electron chi connectivity index (χ2n) is 4.47. The van der Waals surface area contributed by atoms with Gasteiger partial charge in [0.1, 0.15) is 0 Å². The van der Waals surface area contributed by atoms with Crippen molar-refractivity contribution in [2.75, 3.05) is 39.3 Å². The van der Waals surface area contributed by atoms with E-state index in [0.717, 1.165) is 25.6 Å². The topological polar surface area (TPSA) is 30.9 Å². The lowest BCUT2D eigenvalue weighted by atomic mass is 10.2. The Kier molecular flexibility index (Phi) is 7.54. The number of hydrogen-bond donors (Lipinski definition) is 0. The number of para-hydroxylation sites is 1. The van der Waals surface area contributed by atoms with Crippen molar-refractivity contribution in [2.45, 2.75) is 12.5 Å². The lowest BCUT2D eigenvalue weighted by Gasteiger charge is -2.27. The van der Waals surface area contributed by atoms with Crippen LogP contribution >= 0.6 is 0 Å². The lowest BCUT2D eigenvalue weighted by Crippen LogP contribution is -2.43. The Hall–Kier alpha value is -1.14. The highest BCUT2D eigenvalue weighted by atomic mass is 28.4. The average Bonchev–Trinajstić information content (AvgIpc) is 2.52. The van der Waals surface area contributed by atoms with Crippen molar-refractivity contribution >= 4 is 14.5 Å². The van der Waals surface area contributed by atoms with E-state index in [2.05, 4.69) is 23.6 Å². The first-order valence-electron chi connectivity index (χ1n) is 6.77. The Morgan fingerprint density at radius 3 is 2.20 bits per heavy atom. The summed E-state index contributed by atoms with van der Waals surface area (Å²) in [5.41, 5.74) is 1.20. The molecule has 4 nitrogen and oxygen atoms in total. The molecule has 0 aliphatic heterocycles. The summed E-state index contributed by atoms with van der Waals surface area (Å²) in [6, 6.07) is 11.1. The summed E-state index contributed by atoms with van der Waals surface area (Å²) in [5, 5.41) is 0. The number of rotatable bonds is 10. The van der Waals surface area contributed by atoms with Gasteiger partial charge in [-0.1, -0.05) is 24.3 Å². The van der Waals surface area contributed by atoms with E-state index in [0.29, 0.717) is 0 Å². The Labute approximate surface area is 123 Å². The van der Waals surface area contributed by atoms with Gasteiger partial charge >= 0.3 is 8.80 Å². The van der Waals surface area contributed by atoms with Crippen molar-refractivity contribution in [3.8, 4) is 0 Å². The van der Waals surface area contributed by atoms with E-state index in [4.69, 9.17) is 13.3 Å². The molecule has 0 radical (unpaired) electrons. The SMILES string of the molecule is C=CCN(CCC[Si](OC)(OC)OC)c1ccccc1. The van der Waals surface area contributed by atoms with Gasteiger partial charge in [0.25, 0.3) is 0 Å². The van der Waals surface area contributed by atoms with Crippen LogP contribution in [0.1, 0.15) is 6.42 Å². The van der Waals surface area contributed by atoms with Crippen molar-refractivity contribution in [2.24, 2.45) is 0 Å². The van der Waals surface area contributed by atoms with Gasteiger partial charge in [0.2, 0.25) is 0 Å². The fourth-order valence-electron chi connectivity index (χ4n) is 2.16. The number of anilines is 1. The molecule has 0 aliphatic rings. The van der Waals surface area contributed by atoms with Crippen LogP contribution in [-0.2, 0) is 13.3 Å². The summed E-state index contributed by atoms with van der Waals surface area (Å²) in [5.74, 6) is 0. The quantitative estimate of drug-likeness (QED) is 0.490. The van der Waals surface area contributed by atoms with Gasteiger partial charge in [-0.2, -0.15) is 0 Å². The molecule has 0 unspecified atom stereocenters. The molecule has 0 heterocycles. The monoisotopic (exact) mass is 295 g/mol. The van der Waals surface area contributed by atoms with E-state index in [1.54, 1.807) is 21.3 Å². The van der Waals surface area contributed by atoms with Crippen LogP contribution in [0, 0.1) is 0 Å². The molecule has 0 amide bonds. The molecule has 0 bridgehead atoms. The molecule has 0 N–H and O–H groups in total. The fourth-order valence-corrected chi connectivity index (χ4v) is 3.87. The van der Waals surface area contributed by atoms with Crippen molar-refractivity contribution in [3.05, 3.63) is 43.0 Å². The molecule has 0 atom stereocenters. The normalized spacial score (nSPS) is 11.3. The van der Waals surface area contributed by atoms with Crippen molar-refractivity contribution in [3.63, 3.8) is 0 Å². The van der Waals surface area contributed by atoms with Crippen molar-refractivity contribution in [1.29, 1.82) is 0 Å². The van der Waals surface area contributed by atoms with E-state index in [-0.39, 0.29) is 0 Å². The molecule has 1 rings (SSSR count). The van der Waals surface area contributed by atoms with Gasteiger partial charge in [0.05, 0.1) is 0 Å². The molecule has 1 aromatic rings. The Bertz CT molecular complexity index is 374. The maximum absolute atomic E-state index is 5.44. The molecule has 0 saturated heterocycles. The Morgan fingerprint density at radius 1 is 1.10 bits per heavy atom. The second kappa shape index (κ2) is 8.92. The van der Waals surface area contributed by atoms with Gasteiger partial charge < -0.3 is 18.2 Å². The minimum absolute atomic E-state index is 0.803. The molecule has 0 aromatic heterocycles. The molecule has 0 spiro atoms. The van der Waals surface area contributed by atoms with Gasteiger partial charge in [-0.3, -0.25) is 0 Å². The molecule has 0 fully saturated rings. The van der Waals surface area contributed by atoms with E-state index in [1.165, 1.54) is 5.69 Å². The summed E-state index contributed by atoms with van der Waals surface area (Å²) in [6.07, 6.45) is 2.87. The molecule has 0 saturated carbocycles. The van der Waals surface area contributed by atoms with Crippen LogP contribution in [0.25, 0.3) is 0 Å². The number of hydrogen-bond acceptors (Lipinski definition) is 4. The highest BCUT2D eigenvalue weighted by Gasteiger charge is 2.36. The molecular weight excluding hydrogens is 270 g/mol. The highest BCUT2D eigenvalue weighted by molar-refractivity contribution is 6.60. The first-order chi connectivity index (χ1) is 9.71. The smallest absolute Gasteiger partial charge is 0.377 e. The van der Waals surface area contributed by atoms with Crippen molar-refractivity contribution in [1.82, 2.24) is 0 Å².